The molecule has 3 rings (SSSR count). The number of aryl methyl sites for hydroxylation is 1. The fraction of sp³-hybridized carbons (Fsp3) is 0.500. The van der Waals surface area contributed by atoms with Crippen LogP contribution in [-0.4, -0.2) is 38.4 Å². The van der Waals surface area contributed by atoms with Gasteiger partial charge in [0.1, 0.15) is 0 Å². The molecular weight excluding hydrogens is 290 g/mol. The Bertz CT molecular complexity index is 751. The van der Waals surface area contributed by atoms with E-state index >= 15 is 0 Å². The number of aromatic nitrogens is 2. The summed E-state index contributed by atoms with van der Waals surface area (Å²) < 4.78 is 1.60. The van der Waals surface area contributed by atoms with E-state index in [2.05, 4.69) is 9.88 Å². The predicted octanol–water partition coefficient (Wildman–Crippen LogP) is 1.22. The van der Waals surface area contributed by atoms with Crippen LogP contribution in [0.25, 0.3) is 4.96 Å². The van der Waals surface area contributed by atoms with Crippen LogP contribution in [0, 0.1) is 18.8 Å². The molecular formula is C14H17N3O3S. The highest BCUT2D eigenvalue weighted by Gasteiger charge is 2.34. The van der Waals surface area contributed by atoms with Gasteiger partial charge >= 0.3 is 5.97 Å². The Labute approximate surface area is 125 Å². The summed E-state index contributed by atoms with van der Waals surface area (Å²) in [5.74, 6) is -0.961. The van der Waals surface area contributed by atoms with Crippen molar-refractivity contribution in [3.8, 4) is 0 Å². The summed E-state index contributed by atoms with van der Waals surface area (Å²) >= 11 is 1.45. The van der Waals surface area contributed by atoms with E-state index in [1.807, 2.05) is 19.2 Å². The van der Waals surface area contributed by atoms with E-state index < -0.39 is 5.97 Å². The number of aliphatic carboxylic acids is 1. The van der Waals surface area contributed by atoms with Crippen LogP contribution >= 0.6 is 11.3 Å². The maximum absolute atomic E-state index is 12.1. The Morgan fingerprint density at radius 3 is 2.95 bits per heavy atom. The molecule has 0 aromatic carbocycles. The average Bonchev–Trinajstić information content (AvgIpc) is 2.93. The molecule has 0 saturated carbocycles. The molecule has 1 N–H and O–H groups in total. The first-order valence-corrected chi connectivity index (χ1v) is 7.75. The molecule has 0 radical (unpaired) electrons. The van der Waals surface area contributed by atoms with Gasteiger partial charge in [-0.3, -0.25) is 18.9 Å². The van der Waals surface area contributed by atoms with Crippen molar-refractivity contribution >= 4 is 22.3 Å². The van der Waals surface area contributed by atoms with Gasteiger partial charge in [-0.15, -0.1) is 11.3 Å². The van der Waals surface area contributed by atoms with Crippen LogP contribution in [0.4, 0.5) is 0 Å². The van der Waals surface area contributed by atoms with Gasteiger partial charge < -0.3 is 5.11 Å². The van der Waals surface area contributed by atoms with E-state index in [9.17, 15) is 9.59 Å². The summed E-state index contributed by atoms with van der Waals surface area (Å²) in [4.78, 5) is 30.5. The molecule has 3 heterocycles. The van der Waals surface area contributed by atoms with Gasteiger partial charge in [0.2, 0.25) is 0 Å². The summed E-state index contributed by atoms with van der Waals surface area (Å²) in [5, 5.41) is 11.1. The molecule has 2 aromatic heterocycles. The third kappa shape index (κ3) is 2.58. The van der Waals surface area contributed by atoms with Crippen molar-refractivity contribution in [2.45, 2.75) is 20.4 Å². The van der Waals surface area contributed by atoms with Crippen LogP contribution < -0.4 is 5.56 Å². The van der Waals surface area contributed by atoms with Gasteiger partial charge in [0.05, 0.1) is 11.6 Å². The van der Waals surface area contributed by atoms with E-state index in [0.717, 1.165) is 12.2 Å². The zero-order valence-corrected chi connectivity index (χ0v) is 12.8. The molecule has 1 fully saturated rings. The summed E-state index contributed by atoms with van der Waals surface area (Å²) in [6.07, 6.45) is 0. The lowest BCUT2D eigenvalue weighted by molar-refractivity contribution is -0.142. The van der Waals surface area contributed by atoms with Crippen LogP contribution in [0.3, 0.4) is 0 Å². The van der Waals surface area contributed by atoms with Crippen molar-refractivity contribution in [1.82, 2.24) is 14.3 Å². The fourth-order valence-electron chi connectivity index (χ4n) is 2.93. The van der Waals surface area contributed by atoms with E-state index in [1.165, 1.54) is 11.3 Å². The van der Waals surface area contributed by atoms with Crippen LogP contribution in [-0.2, 0) is 11.3 Å². The van der Waals surface area contributed by atoms with Gasteiger partial charge in [-0.1, -0.05) is 6.92 Å². The topological polar surface area (TPSA) is 74.9 Å². The smallest absolute Gasteiger partial charge is 0.308 e. The van der Waals surface area contributed by atoms with Crippen LogP contribution in [0.1, 0.15) is 18.3 Å². The second kappa shape index (κ2) is 5.23. The average molecular weight is 307 g/mol. The van der Waals surface area contributed by atoms with Crippen molar-refractivity contribution in [1.29, 1.82) is 0 Å². The number of nitrogens with zero attached hydrogens (tertiary/aromatic N) is 3. The highest BCUT2D eigenvalue weighted by molar-refractivity contribution is 7.15. The minimum atomic E-state index is -0.748. The minimum absolute atomic E-state index is 0.0734. The molecule has 0 aliphatic carbocycles. The Balaban J connectivity index is 1.83. The normalized spacial score (nSPS) is 23.0. The van der Waals surface area contributed by atoms with Crippen LogP contribution in [0.15, 0.2) is 16.2 Å². The highest BCUT2D eigenvalue weighted by atomic mass is 32.1. The van der Waals surface area contributed by atoms with E-state index in [1.54, 1.807) is 10.5 Å². The fourth-order valence-corrected chi connectivity index (χ4v) is 3.82. The van der Waals surface area contributed by atoms with Gasteiger partial charge in [0, 0.05) is 36.8 Å². The maximum Gasteiger partial charge on any atom is 0.308 e. The molecule has 21 heavy (non-hydrogen) atoms. The first-order valence-electron chi connectivity index (χ1n) is 6.87. The van der Waals surface area contributed by atoms with Gasteiger partial charge in [-0.2, -0.15) is 0 Å². The largest absolute Gasteiger partial charge is 0.481 e. The van der Waals surface area contributed by atoms with Crippen molar-refractivity contribution in [3.63, 3.8) is 0 Å². The summed E-state index contributed by atoms with van der Waals surface area (Å²) in [6.45, 7) is 5.60. The zero-order valence-electron chi connectivity index (χ0n) is 11.9. The zero-order chi connectivity index (χ0) is 15.1. The Morgan fingerprint density at radius 1 is 1.52 bits per heavy atom. The molecule has 2 unspecified atom stereocenters. The Morgan fingerprint density at radius 2 is 2.29 bits per heavy atom. The maximum atomic E-state index is 12.1. The van der Waals surface area contributed by atoms with Gasteiger partial charge in [0.25, 0.3) is 5.56 Å². The number of carbonyl (C=O) groups is 1. The summed E-state index contributed by atoms with van der Waals surface area (Å²) in [5.41, 5.74) is 1.52. The van der Waals surface area contributed by atoms with Crippen molar-refractivity contribution in [3.05, 3.63) is 33.2 Å². The molecule has 0 spiro atoms. The number of fused-ring (bicyclic) bond motifs is 1. The quantitative estimate of drug-likeness (QED) is 0.923. The molecule has 7 heteroatoms. The standard InChI is InChI=1S/C14H17N3O3S/c1-8-4-16(6-11(8)13(19)20)5-10-3-12(18)17-9(2)7-21-14(17)15-10/h3,7-8,11H,4-6H2,1-2H3,(H,19,20). The number of likely N-dealkylation sites (tertiary alicyclic amines) is 1. The second-order valence-electron chi connectivity index (χ2n) is 5.70. The molecule has 1 aliphatic rings. The summed E-state index contributed by atoms with van der Waals surface area (Å²) in [7, 11) is 0. The lowest BCUT2D eigenvalue weighted by Crippen LogP contribution is -2.25. The predicted molar refractivity (Wildman–Crippen MR) is 79.6 cm³/mol. The van der Waals surface area contributed by atoms with E-state index in [-0.39, 0.29) is 17.4 Å². The molecule has 6 nitrogen and oxygen atoms in total. The second-order valence-corrected chi connectivity index (χ2v) is 6.53. The third-order valence-corrected chi connectivity index (χ3v) is 4.96. The molecule has 2 atom stereocenters. The molecule has 112 valence electrons. The van der Waals surface area contributed by atoms with E-state index in [0.29, 0.717) is 23.7 Å². The molecule has 2 aromatic rings. The number of hydrogen-bond acceptors (Lipinski definition) is 5. The molecule has 0 amide bonds. The lowest BCUT2D eigenvalue weighted by Gasteiger charge is -2.14. The summed E-state index contributed by atoms with van der Waals surface area (Å²) in [6, 6.07) is 1.55. The number of thiazole rings is 1. The van der Waals surface area contributed by atoms with Crippen LogP contribution in [0.2, 0.25) is 0 Å². The number of carboxylic acid groups (broad SMARTS) is 1. The van der Waals surface area contributed by atoms with Crippen molar-refractivity contribution in [2.75, 3.05) is 13.1 Å². The monoisotopic (exact) mass is 307 g/mol. The third-order valence-electron chi connectivity index (χ3n) is 4.02. The van der Waals surface area contributed by atoms with Gasteiger partial charge in [0.15, 0.2) is 4.96 Å². The first kappa shape index (κ1) is 14.2. The SMILES string of the molecule is Cc1csc2nc(CN3CC(C)C(C(=O)O)C3)cc(=O)n12. The number of carboxylic acids is 1. The van der Waals surface area contributed by atoms with Gasteiger partial charge in [-0.05, 0) is 12.8 Å². The Hall–Kier alpha value is -1.73. The highest BCUT2D eigenvalue weighted by Crippen LogP contribution is 2.24. The minimum Gasteiger partial charge on any atom is -0.481 e. The first-order chi connectivity index (χ1) is 9.95. The molecule has 1 aliphatic heterocycles. The van der Waals surface area contributed by atoms with Gasteiger partial charge in [-0.25, -0.2) is 4.98 Å². The molecule has 0 bridgehead atoms. The van der Waals surface area contributed by atoms with Crippen molar-refractivity contribution < 1.29 is 9.90 Å². The van der Waals surface area contributed by atoms with Crippen molar-refractivity contribution in [2.24, 2.45) is 11.8 Å². The molecule has 1 saturated heterocycles. The van der Waals surface area contributed by atoms with Crippen LogP contribution in [0.5, 0.6) is 0 Å². The lowest BCUT2D eigenvalue weighted by atomic mass is 9.99. The Kier molecular flexibility index (Phi) is 3.54. The number of hydrogen-bond donors (Lipinski definition) is 1. The number of rotatable bonds is 3. The van der Waals surface area contributed by atoms with E-state index in [4.69, 9.17) is 5.11 Å².